The van der Waals surface area contributed by atoms with Crippen molar-refractivity contribution in [3.8, 4) is 0 Å². The standard InChI is InChI=1S/C18H27N5O2/c1-12(2)10-14-11-15(22-13(3)21-14)16(24)23-8-4-18(5-9-23)17(25)19-6-7-20-18/h11-12,20H,4-10H2,1-3H3,(H,19,25). The predicted molar refractivity (Wildman–Crippen MR) is 94.2 cm³/mol. The number of likely N-dealkylation sites (tertiary alicyclic amines) is 1. The number of aryl methyl sites for hydroxylation is 1. The van der Waals surface area contributed by atoms with Crippen molar-refractivity contribution in [2.75, 3.05) is 26.2 Å². The number of amides is 2. The van der Waals surface area contributed by atoms with E-state index < -0.39 is 5.54 Å². The second-order valence-corrected chi connectivity index (χ2v) is 7.45. The zero-order valence-corrected chi connectivity index (χ0v) is 15.3. The molecule has 136 valence electrons. The van der Waals surface area contributed by atoms with Gasteiger partial charge < -0.3 is 15.5 Å². The fourth-order valence-corrected chi connectivity index (χ4v) is 3.65. The Balaban J connectivity index is 1.70. The van der Waals surface area contributed by atoms with Crippen LogP contribution in [0, 0.1) is 12.8 Å². The number of nitrogens with one attached hydrogen (secondary N) is 2. The minimum Gasteiger partial charge on any atom is -0.353 e. The average molecular weight is 345 g/mol. The summed E-state index contributed by atoms with van der Waals surface area (Å²) in [6, 6.07) is 1.81. The van der Waals surface area contributed by atoms with Crippen LogP contribution in [0.3, 0.4) is 0 Å². The van der Waals surface area contributed by atoms with E-state index in [9.17, 15) is 9.59 Å². The minimum absolute atomic E-state index is 0.0583. The van der Waals surface area contributed by atoms with E-state index in [4.69, 9.17) is 0 Å². The molecule has 3 rings (SSSR count). The van der Waals surface area contributed by atoms with Crippen LogP contribution < -0.4 is 10.6 Å². The number of carbonyl (C=O) groups excluding carboxylic acids is 2. The quantitative estimate of drug-likeness (QED) is 0.841. The Morgan fingerprint density at radius 3 is 2.64 bits per heavy atom. The third kappa shape index (κ3) is 3.81. The van der Waals surface area contributed by atoms with Gasteiger partial charge in [-0.1, -0.05) is 13.8 Å². The molecule has 1 aromatic rings. The molecule has 0 bridgehead atoms. The second kappa shape index (κ2) is 7.07. The fourth-order valence-electron chi connectivity index (χ4n) is 3.65. The molecule has 2 N–H and O–H groups in total. The lowest BCUT2D eigenvalue weighted by molar-refractivity contribution is -0.131. The summed E-state index contributed by atoms with van der Waals surface area (Å²) in [5.74, 6) is 1.09. The lowest BCUT2D eigenvalue weighted by atomic mass is 9.85. The molecule has 1 aromatic heterocycles. The summed E-state index contributed by atoms with van der Waals surface area (Å²) in [6.07, 6.45) is 2.10. The summed E-state index contributed by atoms with van der Waals surface area (Å²) in [5, 5.41) is 6.27. The Morgan fingerprint density at radius 2 is 2.00 bits per heavy atom. The first-order valence-electron chi connectivity index (χ1n) is 9.07. The SMILES string of the molecule is Cc1nc(CC(C)C)cc(C(=O)N2CCC3(CC2)NCCNC3=O)n1. The highest BCUT2D eigenvalue weighted by atomic mass is 16.2. The summed E-state index contributed by atoms with van der Waals surface area (Å²) in [7, 11) is 0. The van der Waals surface area contributed by atoms with Crippen LogP contribution in [0.1, 0.15) is 48.7 Å². The smallest absolute Gasteiger partial charge is 0.272 e. The van der Waals surface area contributed by atoms with Crippen LogP contribution in [0.15, 0.2) is 6.07 Å². The van der Waals surface area contributed by atoms with Gasteiger partial charge in [-0.25, -0.2) is 9.97 Å². The van der Waals surface area contributed by atoms with Gasteiger partial charge in [-0.15, -0.1) is 0 Å². The summed E-state index contributed by atoms with van der Waals surface area (Å²) in [6.45, 7) is 8.65. The van der Waals surface area contributed by atoms with Gasteiger partial charge in [0, 0.05) is 31.9 Å². The molecule has 2 fully saturated rings. The Hall–Kier alpha value is -2.02. The van der Waals surface area contributed by atoms with Gasteiger partial charge in [0.2, 0.25) is 5.91 Å². The van der Waals surface area contributed by atoms with E-state index in [0.717, 1.165) is 18.7 Å². The number of rotatable bonds is 3. The van der Waals surface area contributed by atoms with Gasteiger partial charge >= 0.3 is 0 Å². The molecule has 3 heterocycles. The van der Waals surface area contributed by atoms with Crippen LogP contribution in [0.25, 0.3) is 0 Å². The molecule has 0 saturated carbocycles. The molecule has 0 unspecified atom stereocenters. The molecule has 7 heteroatoms. The van der Waals surface area contributed by atoms with Crippen LogP contribution >= 0.6 is 0 Å². The maximum Gasteiger partial charge on any atom is 0.272 e. The Labute approximate surface area is 148 Å². The van der Waals surface area contributed by atoms with Gasteiger partial charge in [0.1, 0.15) is 17.1 Å². The first-order valence-corrected chi connectivity index (χ1v) is 9.07. The molecule has 2 amide bonds. The Morgan fingerprint density at radius 1 is 1.28 bits per heavy atom. The number of nitrogens with zero attached hydrogens (tertiary/aromatic N) is 3. The van der Waals surface area contributed by atoms with Crippen LogP contribution in [0.2, 0.25) is 0 Å². The van der Waals surface area contributed by atoms with Crippen molar-refractivity contribution in [1.29, 1.82) is 0 Å². The van der Waals surface area contributed by atoms with Crippen LogP contribution in [-0.4, -0.2) is 58.4 Å². The van der Waals surface area contributed by atoms with E-state index >= 15 is 0 Å². The summed E-state index contributed by atoms with van der Waals surface area (Å²) in [4.78, 5) is 35.6. The maximum absolute atomic E-state index is 12.9. The number of hydrogen-bond donors (Lipinski definition) is 2. The van der Waals surface area contributed by atoms with Gasteiger partial charge in [-0.3, -0.25) is 9.59 Å². The molecule has 0 aliphatic carbocycles. The van der Waals surface area contributed by atoms with Gasteiger partial charge in [-0.2, -0.15) is 0 Å². The summed E-state index contributed by atoms with van der Waals surface area (Å²) < 4.78 is 0. The van der Waals surface area contributed by atoms with Crippen molar-refractivity contribution in [3.63, 3.8) is 0 Å². The van der Waals surface area contributed by atoms with E-state index in [-0.39, 0.29) is 11.8 Å². The summed E-state index contributed by atoms with van der Waals surface area (Å²) in [5.41, 5.74) is 0.854. The first kappa shape index (κ1) is 17.8. The zero-order chi connectivity index (χ0) is 18.0. The predicted octanol–water partition coefficient (Wildman–Crippen LogP) is 0.678. The maximum atomic E-state index is 12.9. The lowest BCUT2D eigenvalue weighted by Gasteiger charge is -2.43. The van der Waals surface area contributed by atoms with Gasteiger partial charge in [0.05, 0.1) is 0 Å². The fraction of sp³-hybridized carbons (Fsp3) is 0.667. The van der Waals surface area contributed by atoms with Gasteiger partial charge in [-0.05, 0) is 38.2 Å². The van der Waals surface area contributed by atoms with Crippen molar-refractivity contribution >= 4 is 11.8 Å². The molecule has 2 aliphatic rings. The number of piperazine rings is 1. The van der Waals surface area contributed by atoms with E-state index in [1.807, 2.05) is 13.0 Å². The third-order valence-electron chi connectivity index (χ3n) is 4.94. The van der Waals surface area contributed by atoms with Crippen LogP contribution in [-0.2, 0) is 11.2 Å². The molecule has 0 radical (unpaired) electrons. The van der Waals surface area contributed by atoms with E-state index in [0.29, 0.717) is 49.9 Å². The topological polar surface area (TPSA) is 87.2 Å². The largest absolute Gasteiger partial charge is 0.353 e. The molecule has 2 saturated heterocycles. The zero-order valence-electron chi connectivity index (χ0n) is 15.3. The first-order chi connectivity index (χ1) is 11.9. The van der Waals surface area contributed by atoms with Crippen molar-refractivity contribution in [2.45, 2.75) is 45.6 Å². The van der Waals surface area contributed by atoms with E-state index in [2.05, 4.69) is 34.4 Å². The van der Waals surface area contributed by atoms with Crippen LogP contribution in [0.5, 0.6) is 0 Å². The monoisotopic (exact) mass is 345 g/mol. The highest BCUT2D eigenvalue weighted by Gasteiger charge is 2.43. The minimum atomic E-state index is -0.514. The number of hydrogen-bond acceptors (Lipinski definition) is 5. The molecular formula is C18H27N5O2. The molecule has 0 aromatic carbocycles. The van der Waals surface area contributed by atoms with E-state index in [1.54, 1.807) is 4.90 Å². The second-order valence-electron chi connectivity index (χ2n) is 7.45. The van der Waals surface area contributed by atoms with Crippen molar-refractivity contribution in [1.82, 2.24) is 25.5 Å². The highest BCUT2D eigenvalue weighted by molar-refractivity contribution is 5.93. The summed E-state index contributed by atoms with van der Waals surface area (Å²) >= 11 is 0. The number of piperidine rings is 1. The van der Waals surface area contributed by atoms with Crippen LogP contribution in [0.4, 0.5) is 0 Å². The molecule has 2 aliphatic heterocycles. The number of aromatic nitrogens is 2. The Bertz CT molecular complexity index is 665. The number of carbonyl (C=O) groups is 2. The van der Waals surface area contributed by atoms with E-state index in [1.165, 1.54) is 0 Å². The van der Waals surface area contributed by atoms with Gasteiger partial charge in [0.15, 0.2) is 0 Å². The third-order valence-corrected chi connectivity index (χ3v) is 4.94. The highest BCUT2D eigenvalue weighted by Crippen LogP contribution is 2.25. The van der Waals surface area contributed by atoms with Crippen molar-refractivity contribution in [2.24, 2.45) is 5.92 Å². The molecule has 25 heavy (non-hydrogen) atoms. The normalized spacial score (nSPS) is 20.0. The average Bonchev–Trinajstić information content (AvgIpc) is 2.56. The molecule has 1 spiro atoms. The molecular weight excluding hydrogens is 318 g/mol. The Kier molecular flexibility index (Phi) is 5.03. The molecule has 7 nitrogen and oxygen atoms in total. The van der Waals surface area contributed by atoms with Gasteiger partial charge in [0.25, 0.3) is 5.91 Å². The lowest BCUT2D eigenvalue weighted by Crippen LogP contribution is -2.66. The van der Waals surface area contributed by atoms with Crippen molar-refractivity contribution in [3.05, 3.63) is 23.3 Å². The van der Waals surface area contributed by atoms with Crippen molar-refractivity contribution < 1.29 is 9.59 Å². The molecule has 0 atom stereocenters.